The van der Waals surface area contributed by atoms with Gasteiger partial charge in [-0.1, -0.05) is 0 Å². The van der Waals surface area contributed by atoms with E-state index in [1.807, 2.05) is 0 Å². The van der Waals surface area contributed by atoms with E-state index in [-0.39, 0.29) is 21.0 Å². The Balaban J connectivity index is 3.10. The molecule has 7 heavy (non-hydrogen) atoms. The molecule has 0 bridgehead atoms. The first-order valence-electron chi connectivity index (χ1n) is 1.51. The summed E-state index contributed by atoms with van der Waals surface area (Å²) in [6.45, 7) is 0. The molecule has 0 radical (unpaired) electrons. The molecule has 0 aliphatic carbocycles. The molecule has 0 unspecified atom stereocenters. The van der Waals surface area contributed by atoms with Crippen molar-refractivity contribution in [3.05, 3.63) is 0 Å². The van der Waals surface area contributed by atoms with Crippen LogP contribution in [-0.4, -0.2) is 11.5 Å². The number of hydrogen-bond acceptors (Lipinski definition) is 1. The topological polar surface area (TPSA) is 12.0 Å². The zero-order chi connectivity index (χ0) is 5.54. The molecule has 0 aliphatic rings. The molecule has 0 aromatic rings. The fraction of sp³-hybridized carbons (Fsp3) is 0.667. The van der Waals surface area contributed by atoms with Crippen molar-refractivity contribution in [2.24, 2.45) is 0 Å². The molecule has 0 aliphatic heterocycles. The van der Waals surface area contributed by atoms with Crippen LogP contribution in [0.1, 0.15) is 0 Å². The summed E-state index contributed by atoms with van der Waals surface area (Å²) in [6, 6.07) is 0. The first-order valence-corrected chi connectivity index (χ1v) is 10.1. The Morgan fingerprint density at radius 1 is 1.71 bits per heavy atom. The predicted octanol–water partition coefficient (Wildman–Crippen LogP) is -1.67. The van der Waals surface area contributed by atoms with Crippen LogP contribution in [0.25, 0.3) is 0 Å². The van der Waals surface area contributed by atoms with Crippen molar-refractivity contribution >= 4 is 43.3 Å². The second-order valence-electron chi connectivity index (χ2n) is 0.615. The number of rotatable bonds is 2. The second kappa shape index (κ2) is 7.93. The van der Waals surface area contributed by atoms with Gasteiger partial charge in [-0.05, 0) is 0 Å². The Labute approximate surface area is 75.1 Å². The predicted molar refractivity (Wildman–Crippen MR) is 48.0 cm³/mol. The van der Waals surface area contributed by atoms with Crippen molar-refractivity contribution < 1.29 is 21.5 Å². The molecule has 46 valence electrons. The van der Waals surface area contributed by atoms with Crippen molar-refractivity contribution in [2.45, 2.75) is 0 Å². The van der Waals surface area contributed by atoms with Crippen LogP contribution in [0.3, 0.4) is 0 Å². The molecule has 0 heterocycles. The molecular formula is C3H7I3N-. The van der Waals surface area contributed by atoms with Crippen LogP contribution in [0.2, 0.25) is 0 Å². The van der Waals surface area contributed by atoms with Crippen molar-refractivity contribution in [3.8, 4) is 0 Å². The third-order valence-electron chi connectivity index (χ3n) is 0.214. The SMILES string of the molecule is CI=C=IN[I-]C. The Kier molecular flexibility index (Phi) is 10.1. The molecule has 0 fully saturated rings. The quantitative estimate of drug-likeness (QED) is 0.310. The molecule has 1 N–H and O–H groups in total. The van der Waals surface area contributed by atoms with Gasteiger partial charge in [0.2, 0.25) is 0 Å². The summed E-state index contributed by atoms with van der Waals surface area (Å²) >= 11 is 0.920. The number of nitrogens with one attached hydrogen (secondary N) is 1. The van der Waals surface area contributed by atoms with Crippen LogP contribution >= 0.6 is 41.7 Å². The van der Waals surface area contributed by atoms with Gasteiger partial charge in [0, 0.05) is 0 Å². The summed E-state index contributed by atoms with van der Waals surface area (Å²) < 4.78 is 6.77. The van der Waals surface area contributed by atoms with Crippen molar-refractivity contribution in [1.82, 2.24) is 1.74 Å². The van der Waals surface area contributed by atoms with E-state index in [1.54, 1.807) is 0 Å². The molecule has 0 saturated heterocycles. The number of alkyl halides is 2. The van der Waals surface area contributed by atoms with E-state index in [0.29, 0.717) is 42.2 Å². The van der Waals surface area contributed by atoms with Gasteiger partial charge in [-0.3, -0.25) is 0 Å². The van der Waals surface area contributed by atoms with Gasteiger partial charge >= 0.3 is 76.4 Å². The van der Waals surface area contributed by atoms with E-state index >= 15 is 0 Å². The summed E-state index contributed by atoms with van der Waals surface area (Å²) in [5.74, 6) is 0. The normalized spacial score (nSPS) is 8.86. The molecule has 4 heteroatoms. The van der Waals surface area contributed by atoms with Crippen molar-refractivity contribution in [3.63, 3.8) is 0 Å². The molecule has 0 rings (SSSR count). The van der Waals surface area contributed by atoms with Gasteiger partial charge in [0.25, 0.3) is 0 Å². The molecule has 0 saturated carbocycles. The zero-order valence-corrected chi connectivity index (χ0v) is 10.6. The van der Waals surface area contributed by atoms with Crippen LogP contribution < -0.4 is 23.2 Å². The molecule has 0 aromatic carbocycles. The first-order chi connectivity index (χ1) is 3.41. The van der Waals surface area contributed by atoms with E-state index in [1.165, 1.54) is 0 Å². The minimum atomic E-state index is 0.223. The zero-order valence-electron chi connectivity index (χ0n) is 4.13. The number of halogens is 3. The average molecular weight is 438 g/mol. The Hall–Kier alpha value is 1.93. The van der Waals surface area contributed by atoms with E-state index in [0.717, 1.165) is 0 Å². The van der Waals surface area contributed by atoms with Crippen LogP contribution in [0.15, 0.2) is 0 Å². The van der Waals surface area contributed by atoms with Gasteiger partial charge < -0.3 is 0 Å². The maximum absolute atomic E-state index is 3.39. The van der Waals surface area contributed by atoms with Gasteiger partial charge in [0.15, 0.2) is 0 Å². The van der Waals surface area contributed by atoms with Crippen molar-refractivity contribution in [1.29, 1.82) is 0 Å². The minimum absolute atomic E-state index is 0.223. The molecule has 0 spiro atoms. The summed E-state index contributed by atoms with van der Waals surface area (Å²) in [4.78, 5) is 4.49. The second-order valence-corrected chi connectivity index (χ2v) is 9.60. The summed E-state index contributed by atoms with van der Waals surface area (Å²) in [6.07, 6.45) is 0. The third-order valence-corrected chi connectivity index (χ3v) is 9.64. The average Bonchev–Trinajstić information content (AvgIpc) is 1.69. The van der Waals surface area contributed by atoms with Crippen LogP contribution in [-0.2, 0) is 0 Å². The molecule has 1 nitrogen and oxygen atoms in total. The van der Waals surface area contributed by atoms with Crippen LogP contribution in [0.4, 0.5) is 0 Å². The fourth-order valence-corrected chi connectivity index (χ4v) is 7.29. The Morgan fingerprint density at radius 3 is 2.86 bits per heavy atom. The van der Waals surface area contributed by atoms with Gasteiger partial charge in [-0.2, -0.15) is 0 Å². The standard InChI is InChI=1S/C3H7I3N/c1-4-3-6-7-5-2/h7H,1-2H3/q-1. The van der Waals surface area contributed by atoms with Gasteiger partial charge in [0.05, 0.1) is 0 Å². The van der Waals surface area contributed by atoms with Gasteiger partial charge in [0.1, 0.15) is 0 Å². The van der Waals surface area contributed by atoms with Gasteiger partial charge in [-0.15, -0.1) is 0 Å². The van der Waals surface area contributed by atoms with E-state index < -0.39 is 0 Å². The first kappa shape index (κ1) is 8.93. The van der Waals surface area contributed by atoms with Crippen molar-refractivity contribution in [2.75, 3.05) is 9.86 Å². The van der Waals surface area contributed by atoms with E-state index in [9.17, 15) is 0 Å². The molecule has 0 amide bonds. The summed E-state index contributed by atoms with van der Waals surface area (Å²) in [7, 11) is 0. The van der Waals surface area contributed by atoms with E-state index in [2.05, 4.69) is 13.2 Å². The maximum atomic E-state index is 3.39. The van der Waals surface area contributed by atoms with Crippen LogP contribution in [0, 0.1) is 0 Å². The summed E-state index contributed by atoms with van der Waals surface area (Å²) in [5, 5.41) is 0. The molecular weight excluding hydrogens is 431 g/mol. The Morgan fingerprint density at radius 2 is 2.43 bits per heavy atom. The fourth-order valence-electron chi connectivity index (χ4n) is 0.0849. The molecule has 0 aromatic heterocycles. The van der Waals surface area contributed by atoms with Crippen LogP contribution in [0.5, 0.6) is 0 Å². The monoisotopic (exact) mass is 438 g/mol. The number of hydrogen-bond donors (Lipinski definition) is 1. The molecule has 0 atom stereocenters. The third kappa shape index (κ3) is 7.93. The Bertz CT molecular complexity index is 84.2. The van der Waals surface area contributed by atoms with Gasteiger partial charge in [-0.25, -0.2) is 0 Å². The summed E-state index contributed by atoms with van der Waals surface area (Å²) in [5.41, 5.74) is 0. The van der Waals surface area contributed by atoms with E-state index in [4.69, 9.17) is 0 Å².